The van der Waals surface area contributed by atoms with E-state index in [1.54, 1.807) is 0 Å². The van der Waals surface area contributed by atoms with Crippen LogP contribution in [0.15, 0.2) is 12.1 Å². The fraction of sp³-hybridized carbons (Fsp3) is 0.417. The zero-order valence-electron chi connectivity index (χ0n) is 12.7. The summed E-state index contributed by atoms with van der Waals surface area (Å²) in [7, 11) is 2.77. The molecular formula is C12H13F3N4O5. The van der Waals surface area contributed by atoms with Gasteiger partial charge in [0.05, 0.1) is 15.4 Å². The molecule has 1 amide bonds. The zero-order valence-corrected chi connectivity index (χ0v) is 12.7. The summed E-state index contributed by atoms with van der Waals surface area (Å²) >= 11 is 0. The lowest BCUT2D eigenvalue weighted by atomic mass is 10.1. The van der Waals surface area contributed by atoms with Gasteiger partial charge in [0.1, 0.15) is 6.04 Å². The van der Waals surface area contributed by atoms with Gasteiger partial charge in [0.15, 0.2) is 5.69 Å². The molecule has 0 bridgehead atoms. The maximum atomic E-state index is 12.8. The summed E-state index contributed by atoms with van der Waals surface area (Å²) in [6, 6.07) is -0.765. The number of amides is 1. The molecule has 12 heteroatoms. The maximum absolute atomic E-state index is 12.8. The lowest BCUT2D eigenvalue weighted by Gasteiger charge is -2.19. The molecule has 1 rings (SSSR count). The highest BCUT2D eigenvalue weighted by molar-refractivity contribution is 5.86. The van der Waals surface area contributed by atoms with Crippen LogP contribution in [0, 0.1) is 20.2 Å². The van der Waals surface area contributed by atoms with Crippen molar-refractivity contribution in [3.8, 4) is 0 Å². The minimum atomic E-state index is -5.00. The summed E-state index contributed by atoms with van der Waals surface area (Å²) < 4.78 is 38.3. The molecule has 1 aromatic carbocycles. The van der Waals surface area contributed by atoms with Crippen molar-refractivity contribution in [3.63, 3.8) is 0 Å². The van der Waals surface area contributed by atoms with Crippen molar-refractivity contribution in [3.05, 3.63) is 37.9 Å². The summed E-state index contributed by atoms with van der Waals surface area (Å²) in [5.41, 5.74) is -4.58. The zero-order chi connectivity index (χ0) is 18.8. The molecule has 9 nitrogen and oxygen atoms in total. The Kier molecular flexibility index (Phi) is 5.32. The van der Waals surface area contributed by atoms with Gasteiger partial charge >= 0.3 is 6.18 Å². The number of anilines is 1. The number of nitrogens with one attached hydrogen (secondary N) is 1. The summed E-state index contributed by atoms with van der Waals surface area (Å²) in [5.74, 6) is -0.571. The molecule has 1 N–H and O–H groups in total. The minimum absolute atomic E-state index is 0.183. The lowest BCUT2D eigenvalue weighted by molar-refractivity contribution is -0.392. The molecule has 0 radical (unpaired) electrons. The molecule has 0 fully saturated rings. The van der Waals surface area contributed by atoms with Crippen LogP contribution in [0.5, 0.6) is 0 Å². The number of halogens is 3. The normalized spacial score (nSPS) is 12.4. The van der Waals surface area contributed by atoms with Gasteiger partial charge < -0.3 is 10.2 Å². The Morgan fingerprint density at radius 3 is 1.88 bits per heavy atom. The number of carbonyl (C=O) groups excluding carboxylic acids is 1. The van der Waals surface area contributed by atoms with Crippen molar-refractivity contribution in [1.29, 1.82) is 0 Å². The van der Waals surface area contributed by atoms with Crippen molar-refractivity contribution >= 4 is 23.0 Å². The Bertz CT molecular complexity index is 655. The first kappa shape index (κ1) is 19.1. The second-order valence-electron chi connectivity index (χ2n) is 5.00. The molecular weight excluding hydrogens is 337 g/mol. The molecule has 0 saturated carbocycles. The van der Waals surface area contributed by atoms with Gasteiger partial charge in [-0.25, -0.2) is 0 Å². The smallest absolute Gasteiger partial charge is 0.363 e. The molecule has 0 unspecified atom stereocenters. The topological polar surface area (TPSA) is 119 Å². The number of nitro groups is 2. The van der Waals surface area contributed by atoms with Crippen molar-refractivity contribution in [2.75, 3.05) is 19.4 Å². The third-order valence-electron chi connectivity index (χ3n) is 2.99. The van der Waals surface area contributed by atoms with Gasteiger partial charge in [-0.1, -0.05) is 0 Å². The number of rotatable bonds is 5. The predicted molar refractivity (Wildman–Crippen MR) is 76.5 cm³/mol. The Morgan fingerprint density at radius 1 is 1.17 bits per heavy atom. The van der Waals surface area contributed by atoms with Gasteiger partial charge in [0.25, 0.3) is 11.4 Å². The fourth-order valence-electron chi connectivity index (χ4n) is 1.88. The number of hydrogen-bond acceptors (Lipinski definition) is 6. The van der Waals surface area contributed by atoms with Crippen molar-refractivity contribution in [1.82, 2.24) is 4.90 Å². The Morgan fingerprint density at radius 2 is 1.58 bits per heavy atom. The monoisotopic (exact) mass is 350 g/mol. The van der Waals surface area contributed by atoms with E-state index in [1.807, 2.05) is 0 Å². The van der Waals surface area contributed by atoms with Crippen LogP contribution in [0.1, 0.15) is 12.5 Å². The Labute approximate surface area is 133 Å². The van der Waals surface area contributed by atoms with Crippen LogP contribution in [0.25, 0.3) is 0 Å². The molecule has 0 heterocycles. The third-order valence-corrected chi connectivity index (χ3v) is 2.99. The highest BCUT2D eigenvalue weighted by Crippen LogP contribution is 2.41. The molecule has 132 valence electrons. The van der Waals surface area contributed by atoms with Gasteiger partial charge in [-0.15, -0.1) is 0 Å². The quantitative estimate of drug-likeness (QED) is 0.643. The Balaban J connectivity index is 3.54. The van der Waals surface area contributed by atoms with Crippen molar-refractivity contribution < 1.29 is 27.8 Å². The standard InChI is InChI=1S/C12H13F3N4O5/c1-6(11(20)17(2)3)16-10-8(18(21)22)4-7(12(13,14)15)5-9(10)19(23)24/h4-6,16H,1-3H3/t6-/m0/s1. The molecule has 0 aliphatic heterocycles. The highest BCUT2D eigenvalue weighted by Gasteiger charge is 2.38. The molecule has 0 aliphatic carbocycles. The van der Waals surface area contributed by atoms with Crippen molar-refractivity contribution in [2.45, 2.75) is 19.1 Å². The van der Waals surface area contributed by atoms with Gasteiger partial charge in [-0.3, -0.25) is 25.0 Å². The lowest BCUT2D eigenvalue weighted by Crippen LogP contribution is -2.37. The first-order valence-corrected chi connectivity index (χ1v) is 6.38. The highest BCUT2D eigenvalue weighted by atomic mass is 19.4. The van der Waals surface area contributed by atoms with E-state index in [0.717, 1.165) is 4.90 Å². The van der Waals surface area contributed by atoms with Gasteiger partial charge in [0, 0.05) is 26.2 Å². The maximum Gasteiger partial charge on any atom is 0.416 e. The summed E-state index contributed by atoms with van der Waals surface area (Å²) in [5, 5.41) is 24.3. The van der Waals surface area contributed by atoms with Crippen LogP contribution in [-0.4, -0.2) is 40.8 Å². The van der Waals surface area contributed by atoms with E-state index in [2.05, 4.69) is 5.32 Å². The van der Waals surface area contributed by atoms with Crippen LogP contribution in [0.4, 0.5) is 30.2 Å². The van der Waals surface area contributed by atoms with E-state index >= 15 is 0 Å². The first-order chi connectivity index (χ1) is 10.9. The van der Waals surface area contributed by atoms with Gasteiger partial charge in [-0.05, 0) is 6.92 Å². The van der Waals surface area contributed by atoms with E-state index < -0.39 is 50.6 Å². The molecule has 0 spiro atoms. The van der Waals surface area contributed by atoms with Crippen molar-refractivity contribution in [2.24, 2.45) is 0 Å². The second kappa shape index (κ2) is 6.68. The SMILES string of the molecule is C[C@H](Nc1c([N+](=O)[O-])cc(C(F)(F)F)cc1[N+](=O)[O-])C(=O)N(C)C. The predicted octanol–water partition coefficient (Wildman–Crippen LogP) is 2.41. The van der Waals surface area contributed by atoms with E-state index in [1.165, 1.54) is 21.0 Å². The number of carbonyl (C=O) groups is 1. The molecule has 1 atom stereocenters. The number of nitrogens with zero attached hydrogens (tertiary/aromatic N) is 3. The fourth-order valence-corrected chi connectivity index (χ4v) is 1.88. The number of hydrogen-bond donors (Lipinski definition) is 1. The van der Waals surface area contributed by atoms with Crippen LogP contribution in [0.2, 0.25) is 0 Å². The van der Waals surface area contributed by atoms with Crippen LogP contribution < -0.4 is 5.32 Å². The average molecular weight is 350 g/mol. The van der Waals surface area contributed by atoms with Gasteiger partial charge in [0.2, 0.25) is 5.91 Å². The molecule has 1 aromatic rings. The Hall–Kier alpha value is -2.92. The number of likely N-dealkylation sites (N-methyl/N-ethyl adjacent to an activating group) is 1. The average Bonchev–Trinajstić information content (AvgIpc) is 2.44. The number of alkyl halides is 3. The van der Waals surface area contributed by atoms with E-state index in [4.69, 9.17) is 0 Å². The minimum Gasteiger partial charge on any atom is -0.363 e. The van der Waals surface area contributed by atoms with E-state index in [0.29, 0.717) is 0 Å². The summed E-state index contributed by atoms with van der Waals surface area (Å²) in [6.07, 6.45) is -5.00. The molecule has 0 aromatic heterocycles. The van der Waals surface area contributed by atoms with E-state index in [-0.39, 0.29) is 12.1 Å². The molecule has 0 aliphatic rings. The number of benzene rings is 1. The van der Waals surface area contributed by atoms with Crippen LogP contribution >= 0.6 is 0 Å². The number of nitro benzene ring substituents is 2. The van der Waals surface area contributed by atoms with Gasteiger partial charge in [-0.2, -0.15) is 13.2 Å². The third kappa shape index (κ3) is 4.08. The second-order valence-corrected chi connectivity index (χ2v) is 5.00. The molecule has 24 heavy (non-hydrogen) atoms. The van der Waals surface area contributed by atoms with Crippen LogP contribution in [-0.2, 0) is 11.0 Å². The molecule has 0 saturated heterocycles. The largest absolute Gasteiger partial charge is 0.416 e. The first-order valence-electron chi connectivity index (χ1n) is 6.38. The van der Waals surface area contributed by atoms with E-state index in [9.17, 15) is 38.2 Å². The summed E-state index contributed by atoms with van der Waals surface area (Å²) in [4.78, 5) is 32.6. The summed E-state index contributed by atoms with van der Waals surface area (Å²) in [6.45, 7) is 1.27. The van der Waals surface area contributed by atoms with Crippen LogP contribution in [0.3, 0.4) is 0 Å².